The number of fused-ring (bicyclic) bond motifs is 1. The minimum absolute atomic E-state index is 0.129. The van der Waals surface area contributed by atoms with Crippen LogP contribution in [0, 0.1) is 5.41 Å². The van der Waals surface area contributed by atoms with Crippen molar-refractivity contribution < 1.29 is 13.2 Å². The average molecular weight is 717 g/mol. The van der Waals surface area contributed by atoms with Gasteiger partial charge < -0.3 is 20.4 Å². The number of aliphatic imine (C=N–C) groups is 1. The standard InChI is InChI=1S/C44H47F3N6/c45-44(46,47)39-14-8-9-33(28-39)23-25-52-40(30-50-42(52)48)15-6-7-24-51-31-41(29-34-18-21-36-12-4-5-13-38(36)27-34)53(43(51)49)26-22-32-16-19-37(20-17-32)35-10-2-1-3-11-35/h1-5,8-14,16-21,27-28,40-41,49H,6-7,15,22-26,29-31H2,(H2,48,50)/t40-,41+/m0/s1. The molecular formula is C44H47F3N6. The predicted octanol–water partition coefficient (Wildman–Crippen LogP) is 8.64. The Morgan fingerprint density at radius 3 is 2.15 bits per heavy atom. The molecule has 9 heteroatoms. The smallest absolute Gasteiger partial charge is 0.370 e. The summed E-state index contributed by atoms with van der Waals surface area (Å²) in [6, 6.07) is 40.2. The lowest BCUT2D eigenvalue weighted by atomic mass is 10.0. The second kappa shape index (κ2) is 16.1. The number of nitrogens with one attached hydrogen (secondary N) is 1. The Hall–Kier alpha value is -5.31. The molecule has 6 nitrogen and oxygen atoms in total. The third-order valence-electron chi connectivity index (χ3n) is 10.7. The van der Waals surface area contributed by atoms with E-state index in [9.17, 15) is 18.6 Å². The van der Waals surface area contributed by atoms with E-state index in [0.29, 0.717) is 37.0 Å². The van der Waals surface area contributed by atoms with Gasteiger partial charge in [0.2, 0.25) is 0 Å². The largest absolute Gasteiger partial charge is 0.416 e. The van der Waals surface area contributed by atoms with Gasteiger partial charge in [-0.2, -0.15) is 13.2 Å². The van der Waals surface area contributed by atoms with Crippen molar-refractivity contribution >= 4 is 22.7 Å². The number of alkyl halides is 3. The van der Waals surface area contributed by atoms with Gasteiger partial charge in [-0.1, -0.05) is 115 Å². The highest BCUT2D eigenvalue weighted by Crippen LogP contribution is 2.30. The van der Waals surface area contributed by atoms with Crippen LogP contribution in [-0.2, 0) is 25.4 Å². The van der Waals surface area contributed by atoms with E-state index in [1.54, 1.807) is 6.07 Å². The van der Waals surface area contributed by atoms with Crippen LogP contribution in [0.25, 0.3) is 21.9 Å². The second-order valence-electron chi connectivity index (χ2n) is 14.3. The molecule has 0 spiro atoms. The molecule has 2 aliphatic rings. The van der Waals surface area contributed by atoms with Crippen molar-refractivity contribution in [2.45, 2.75) is 56.8 Å². The molecule has 0 radical (unpaired) electrons. The van der Waals surface area contributed by atoms with E-state index < -0.39 is 11.7 Å². The van der Waals surface area contributed by atoms with Crippen molar-refractivity contribution in [2.24, 2.45) is 10.7 Å². The van der Waals surface area contributed by atoms with Crippen LogP contribution in [0.1, 0.15) is 41.5 Å². The molecule has 3 N–H and O–H groups in total. The summed E-state index contributed by atoms with van der Waals surface area (Å²) in [5.41, 5.74) is 11.2. The number of unbranched alkanes of at least 4 members (excludes halogenated alkanes) is 1. The van der Waals surface area contributed by atoms with Gasteiger partial charge in [0.1, 0.15) is 0 Å². The zero-order chi connectivity index (χ0) is 36.8. The number of guanidine groups is 2. The van der Waals surface area contributed by atoms with Crippen LogP contribution in [-0.4, -0.2) is 71.4 Å². The SMILES string of the molecule is N=C1N(CCCC[C@H]2CN=C(N)N2CCc2cccc(C(F)(F)F)c2)C[C@@H](Cc2ccc3ccccc3c2)N1CCc1ccc(-c2ccccc2)cc1. The molecule has 0 saturated carbocycles. The van der Waals surface area contributed by atoms with E-state index in [1.807, 2.05) is 11.0 Å². The number of nitrogens with two attached hydrogens (primary N) is 1. The number of hydrogen-bond donors (Lipinski definition) is 2. The summed E-state index contributed by atoms with van der Waals surface area (Å²) in [5.74, 6) is 1.05. The first-order valence-electron chi connectivity index (χ1n) is 18.7. The molecule has 0 aliphatic carbocycles. The van der Waals surface area contributed by atoms with Gasteiger partial charge in [0.05, 0.1) is 24.2 Å². The summed E-state index contributed by atoms with van der Waals surface area (Å²) in [6.07, 6.45) is 0.596. The van der Waals surface area contributed by atoms with Crippen LogP contribution in [0.2, 0.25) is 0 Å². The summed E-state index contributed by atoms with van der Waals surface area (Å²) in [4.78, 5) is 11.0. The van der Waals surface area contributed by atoms with Gasteiger partial charge in [0.25, 0.3) is 0 Å². The molecule has 7 rings (SSSR count). The normalized spacial score (nSPS) is 17.6. The first-order valence-corrected chi connectivity index (χ1v) is 18.7. The molecule has 53 heavy (non-hydrogen) atoms. The van der Waals surface area contributed by atoms with Gasteiger partial charge >= 0.3 is 6.18 Å². The molecule has 2 atom stereocenters. The molecule has 2 heterocycles. The van der Waals surface area contributed by atoms with Crippen molar-refractivity contribution in [3.05, 3.63) is 144 Å². The van der Waals surface area contributed by atoms with E-state index >= 15 is 0 Å². The molecule has 0 unspecified atom stereocenters. The van der Waals surface area contributed by atoms with Gasteiger partial charge in [-0.05, 0) is 83.2 Å². The maximum Gasteiger partial charge on any atom is 0.416 e. The third-order valence-corrected chi connectivity index (χ3v) is 10.7. The number of halogens is 3. The first-order chi connectivity index (χ1) is 25.7. The Morgan fingerprint density at radius 1 is 0.660 bits per heavy atom. The molecule has 5 aromatic carbocycles. The highest BCUT2D eigenvalue weighted by Gasteiger charge is 2.34. The zero-order valence-electron chi connectivity index (χ0n) is 30.0. The Balaban J connectivity index is 0.958. The summed E-state index contributed by atoms with van der Waals surface area (Å²) in [5, 5.41) is 11.8. The van der Waals surface area contributed by atoms with Gasteiger partial charge in [-0.3, -0.25) is 10.4 Å². The molecule has 2 aliphatic heterocycles. The van der Waals surface area contributed by atoms with Crippen molar-refractivity contribution in [1.82, 2.24) is 14.7 Å². The van der Waals surface area contributed by atoms with E-state index in [-0.39, 0.29) is 12.1 Å². The Kier molecular flexibility index (Phi) is 11.0. The summed E-state index contributed by atoms with van der Waals surface area (Å²) in [6.45, 7) is 3.50. The lowest BCUT2D eigenvalue weighted by Gasteiger charge is -2.27. The van der Waals surface area contributed by atoms with Gasteiger partial charge in [-0.15, -0.1) is 0 Å². The maximum atomic E-state index is 13.2. The third kappa shape index (κ3) is 8.84. The quantitative estimate of drug-likeness (QED) is 0.113. The van der Waals surface area contributed by atoms with Crippen molar-refractivity contribution in [2.75, 3.05) is 32.7 Å². The van der Waals surface area contributed by atoms with Crippen LogP contribution in [0.4, 0.5) is 13.2 Å². The second-order valence-corrected chi connectivity index (χ2v) is 14.3. The minimum Gasteiger partial charge on any atom is -0.370 e. The van der Waals surface area contributed by atoms with E-state index in [0.717, 1.165) is 57.8 Å². The Labute approximate surface area is 310 Å². The number of rotatable bonds is 14. The molecule has 1 saturated heterocycles. The average Bonchev–Trinajstić information content (AvgIpc) is 3.68. The van der Waals surface area contributed by atoms with E-state index in [1.165, 1.54) is 45.2 Å². The minimum atomic E-state index is -4.36. The van der Waals surface area contributed by atoms with E-state index in [4.69, 9.17) is 5.73 Å². The van der Waals surface area contributed by atoms with Crippen molar-refractivity contribution in [3.8, 4) is 11.1 Å². The van der Waals surface area contributed by atoms with Gasteiger partial charge in [0, 0.05) is 26.2 Å². The fraction of sp³-hybridized carbons (Fsp3) is 0.318. The lowest BCUT2D eigenvalue weighted by molar-refractivity contribution is -0.137. The summed E-state index contributed by atoms with van der Waals surface area (Å²) >= 11 is 0. The Morgan fingerprint density at radius 2 is 1.36 bits per heavy atom. The van der Waals surface area contributed by atoms with Crippen LogP contribution in [0.15, 0.2) is 126 Å². The summed E-state index contributed by atoms with van der Waals surface area (Å²) in [7, 11) is 0. The lowest BCUT2D eigenvalue weighted by Crippen LogP contribution is -2.42. The number of benzene rings is 5. The van der Waals surface area contributed by atoms with Gasteiger partial charge in [0.15, 0.2) is 11.9 Å². The van der Waals surface area contributed by atoms with Crippen LogP contribution in [0.3, 0.4) is 0 Å². The molecular weight excluding hydrogens is 670 g/mol. The van der Waals surface area contributed by atoms with Crippen LogP contribution < -0.4 is 5.73 Å². The summed E-state index contributed by atoms with van der Waals surface area (Å²) < 4.78 is 39.7. The van der Waals surface area contributed by atoms with Crippen molar-refractivity contribution in [1.29, 1.82) is 5.41 Å². The zero-order valence-corrected chi connectivity index (χ0v) is 30.0. The number of nitrogens with zero attached hydrogens (tertiary/aromatic N) is 4. The monoisotopic (exact) mass is 716 g/mol. The first kappa shape index (κ1) is 36.1. The molecule has 5 aromatic rings. The molecule has 1 fully saturated rings. The van der Waals surface area contributed by atoms with Gasteiger partial charge in [-0.25, -0.2) is 0 Å². The molecule has 274 valence electrons. The maximum absolute atomic E-state index is 13.2. The fourth-order valence-electron chi connectivity index (χ4n) is 7.79. The topological polar surface area (TPSA) is 71.9 Å². The molecule has 0 amide bonds. The molecule has 0 bridgehead atoms. The predicted molar refractivity (Wildman–Crippen MR) is 209 cm³/mol. The van der Waals surface area contributed by atoms with E-state index in [2.05, 4.69) is 106 Å². The number of hydrogen-bond acceptors (Lipinski definition) is 4. The van der Waals surface area contributed by atoms with Crippen LogP contribution in [0.5, 0.6) is 0 Å². The highest BCUT2D eigenvalue weighted by atomic mass is 19.4. The molecule has 0 aromatic heterocycles. The Bertz CT molecular complexity index is 2030. The highest BCUT2D eigenvalue weighted by molar-refractivity contribution is 5.83. The van der Waals surface area contributed by atoms with Crippen LogP contribution >= 0.6 is 0 Å². The van der Waals surface area contributed by atoms with Crippen molar-refractivity contribution in [3.63, 3.8) is 0 Å². The fourth-order valence-corrected chi connectivity index (χ4v) is 7.79.